The van der Waals surface area contributed by atoms with Gasteiger partial charge in [-0.05, 0) is 37.8 Å². The minimum Gasteiger partial charge on any atom is -0.508 e. The highest BCUT2D eigenvalue weighted by Gasteiger charge is 2.32. The Labute approximate surface area is 152 Å². The number of hydrogen-bond donors (Lipinski definition) is 3. The first-order valence-corrected chi connectivity index (χ1v) is 9.16. The van der Waals surface area contributed by atoms with Gasteiger partial charge in [-0.2, -0.15) is 0 Å². The van der Waals surface area contributed by atoms with Crippen LogP contribution in [0.25, 0.3) is 0 Å². The SMILES string of the molecule is N[C@@H](c1cc(Cl)c(Cl)cc1O)C1CCN(C(=O)[C@@H]2CCNC2)CC1. The van der Waals surface area contributed by atoms with Crippen molar-refractivity contribution < 1.29 is 9.90 Å². The Morgan fingerprint density at radius 3 is 2.54 bits per heavy atom. The first kappa shape index (κ1) is 17.8. The number of piperidine rings is 1. The molecular weight excluding hydrogens is 349 g/mol. The molecule has 5 nitrogen and oxygen atoms in total. The fourth-order valence-corrected chi connectivity index (χ4v) is 4.01. The van der Waals surface area contributed by atoms with Crippen LogP contribution in [-0.2, 0) is 4.79 Å². The van der Waals surface area contributed by atoms with Crippen molar-refractivity contribution in [3.8, 4) is 5.75 Å². The molecular formula is C17H23Cl2N3O2. The molecule has 7 heteroatoms. The molecule has 24 heavy (non-hydrogen) atoms. The summed E-state index contributed by atoms with van der Waals surface area (Å²) in [5.74, 6) is 0.657. The van der Waals surface area contributed by atoms with E-state index < -0.39 is 0 Å². The van der Waals surface area contributed by atoms with Gasteiger partial charge < -0.3 is 21.1 Å². The van der Waals surface area contributed by atoms with Gasteiger partial charge in [0.15, 0.2) is 0 Å². The summed E-state index contributed by atoms with van der Waals surface area (Å²) in [6, 6.07) is 2.77. The van der Waals surface area contributed by atoms with E-state index in [1.54, 1.807) is 6.07 Å². The van der Waals surface area contributed by atoms with E-state index in [9.17, 15) is 9.90 Å². The summed E-state index contributed by atoms with van der Waals surface area (Å²) in [5, 5.41) is 14.0. The Balaban J connectivity index is 1.62. The van der Waals surface area contributed by atoms with Crippen molar-refractivity contribution in [1.82, 2.24) is 10.2 Å². The second kappa shape index (κ2) is 7.48. The third-order valence-corrected chi connectivity index (χ3v) is 5.92. The van der Waals surface area contributed by atoms with Crippen LogP contribution in [-0.4, -0.2) is 42.1 Å². The molecule has 1 aromatic rings. The summed E-state index contributed by atoms with van der Waals surface area (Å²) in [6.45, 7) is 3.15. The average Bonchev–Trinajstić information content (AvgIpc) is 3.11. The van der Waals surface area contributed by atoms with Gasteiger partial charge in [-0.15, -0.1) is 0 Å². The van der Waals surface area contributed by atoms with Gasteiger partial charge in [0.1, 0.15) is 5.75 Å². The van der Waals surface area contributed by atoms with Crippen LogP contribution >= 0.6 is 23.2 Å². The number of nitrogens with zero attached hydrogens (tertiary/aromatic N) is 1. The van der Waals surface area contributed by atoms with E-state index >= 15 is 0 Å². The minimum absolute atomic E-state index is 0.0763. The molecule has 2 atom stereocenters. The number of amides is 1. The van der Waals surface area contributed by atoms with Gasteiger partial charge in [0, 0.05) is 37.3 Å². The van der Waals surface area contributed by atoms with Crippen LogP contribution in [0.3, 0.4) is 0 Å². The average molecular weight is 372 g/mol. The summed E-state index contributed by atoms with van der Waals surface area (Å²) < 4.78 is 0. The predicted molar refractivity (Wildman–Crippen MR) is 95.3 cm³/mol. The van der Waals surface area contributed by atoms with E-state index in [0.29, 0.717) is 15.6 Å². The lowest BCUT2D eigenvalue weighted by Gasteiger charge is -2.36. The van der Waals surface area contributed by atoms with Crippen LogP contribution in [0.2, 0.25) is 10.0 Å². The van der Waals surface area contributed by atoms with Crippen LogP contribution in [0.4, 0.5) is 0 Å². The Bertz CT molecular complexity index is 612. The number of phenolic OH excluding ortho intramolecular Hbond substituents is 1. The highest BCUT2D eigenvalue weighted by atomic mass is 35.5. The number of halogens is 2. The third-order valence-electron chi connectivity index (χ3n) is 5.20. The zero-order chi connectivity index (χ0) is 17.3. The highest BCUT2D eigenvalue weighted by molar-refractivity contribution is 6.42. The van der Waals surface area contributed by atoms with Crippen LogP contribution in [0.1, 0.15) is 30.9 Å². The number of benzene rings is 1. The standard InChI is InChI=1S/C17H23Cl2N3O2/c18-13-7-12(15(23)8-14(13)19)16(20)10-2-5-22(6-3-10)17(24)11-1-4-21-9-11/h7-8,10-11,16,21,23H,1-6,9,20H2/t11-,16-/m1/s1. The molecule has 4 N–H and O–H groups in total. The zero-order valence-electron chi connectivity index (χ0n) is 13.5. The second-order valence-electron chi connectivity index (χ2n) is 6.70. The fourth-order valence-electron chi connectivity index (χ4n) is 3.68. The number of carbonyl (C=O) groups excluding carboxylic acids is 1. The number of nitrogens with one attached hydrogen (secondary N) is 1. The lowest BCUT2D eigenvalue weighted by molar-refractivity contribution is -0.136. The lowest BCUT2D eigenvalue weighted by Crippen LogP contribution is -2.44. The lowest BCUT2D eigenvalue weighted by atomic mass is 9.85. The molecule has 1 amide bonds. The van der Waals surface area contributed by atoms with Gasteiger partial charge in [0.05, 0.1) is 16.0 Å². The van der Waals surface area contributed by atoms with Crippen LogP contribution in [0.5, 0.6) is 5.75 Å². The van der Waals surface area contributed by atoms with Crippen molar-refractivity contribution in [2.45, 2.75) is 25.3 Å². The molecule has 0 radical (unpaired) electrons. The van der Waals surface area contributed by atoms with Crippen LogP contribution in [0.15, 0.2) is 12.1 Å². The first-order chi connectivity index (χ1) is 11.5. The molecule has 3 rings (SSSR count). The fraction of sp³-hybridized carbons (Fsp3) is 0.588. The third kappa shape index (κ3) is 3.64. The molecule has 0 saturated carbocycles. The Hall–Kier alpha value is -1.01. The number of aromatic hydroxyl groups is 1. The maximum Gasteiger partial charge on any atom is 0.227 e. The predicted octanol–water partition coefficient (Wildman–Crippen LogP) is 2.55. The van der Waals surface area contributed by atoms with Crippen LogP contribution in [0, 0.1) is 11.8 Å². The van der Waals surface area contributed by atoms with E-state index in [2.05, 4.69) is 5.32 Å². The quantitative estimate of drug-likeness (QED) is 0.762. The summed E-state index contributed by atoms with van der Waals surface area (Å²) in [5.41, 5.74) is 6.98. The molecule has 0 aliphatic carbocycles. The van der Waals surface area contributed by atoms with E-state index in [0.717, 1.165) is 45.4 Å². The summed E-state index contributed by atoms with van der Waals surface area (Å²) in [6.07, 6.45) is 2.58. The normalized spacial score (nSPS) is 23.5. The Kier molecular flexibility index (Phi) is 5.55. The first-order valence-electron chi connectivity index (χ1n) is 8.40. The number of hydrogen-bond acceptors (Lipinski definition) is 4. The molecule has 0 spiro atoms. The minimum atomic E-state index is -0.315. The van der Waals surface area contributed by atoms with Crippen molar-refractivity contribution in [1.29, 1.82) is 0 Å². The number of rotatable bonds is 3. The molecule has 0 aromatic heterocycles. The maximum atomic E-state index is 12.5. The number of phenols is 1. The molecule has 132 valence electrons. The Morgan fingerprint density at radius 2 is 1.92 bits per heavy atom. The number of carbonyl (C=O) groups is 1. The molecule has 1 aromatic carbocycles. The van der Waals surface area contributed by atoms with E-state index in [4.69, 9.17) is 28.9 Å². The van der Waals surface area contributed by atoms with E-state index in [1.807, 2.05) is 4.90 Å². The molecule has 0 bridgehead atoms. The van der Waals surface area contributed by atoms with E-state index in [1.165, 1.54) is 6.07 Å². The molecule has 0 unspecified atom stereocenters. The van der Waals surface area contributed by atoms with Crippen LogP contribution < -0.4 is 11.1 Å². The van der Waals surface area contributed by atoms with Gasteiger partial charge in [-0.1, -0.05) is 23.2 Å². The molecule has 2 heterocycles. The Morgan fingerprint density at radius 1 is 1.25 bits per heavy atom. The van der Waals surface area contributed by atoms with Crippen molar-refractivity contribution in [2.24, 2.45) is 17.6 Å². The highest BCUT2D eigenvalue weighted by Crippen LogP contribution is 2.37. The van der Waals surface area contributed by atoms with Gasteiger partial charge >= 0.3 is 0 Å². The monoisotopic (exact) mass is 371 g/mol. The van der Waals surface area contributed by atoms with Gasteiger partial charge in [0.2, 0.25) is 5.91 Å². The largest absolute Gasteiger partial charge is 0.508 e. The summed E-state index contributed by atoms with van der Waals surface area (Å²) in [7, 11) is 0. The van der Waals surface area contributed by atoms with Gasteiger partial charge in [0.25, 0.3) is 0 Å². The number of nitrogens with two attached hydrogens (primary N) is 1. The maximum absolute atomic E-state index is 12.5. The van der Waals surface area contributed by atoms with Gasteiger partial charge in [-0.25, -0.2) is 0 Å². The smallest absolute Gasteiger partial charge is 0.227 e. The van der Waals surface area contributed by atoms with Crippen molar-refractivity contribution in [3.05, 3.63) is 27.7 Å². The number of likely N-dealkylation sites (tertiary alicyclic amines) is 1. The topological polar surface area (TPSA) is 78.6 Å². The van der Waals surface area contributed by atoms with Crippen molar-refractivity contribution in [2.75, 3.05) is 26.2 Å². The van der Waals surface area contributed by atoms with Crippen molar-refractivity contribution in [3.63, 3.8) is 0 Å². The van der Waals surface area contributed by atoms with E-state index in [-0.39, 0.29) is 29.5 Å². The summed E-state index contributed by atoms with van der Waals surface area (Å²) >= 11 is 12.0. The molecule has 2 aliphatic heterocycles. The molecule has 2 saturated heterocycles. The zero-order valence-corrected chi connectivity index (χ0v) is 15.0. The summed E-state index contributed by atoms with van der Waals surface area (Å²) in [4.78, 5) is 14.4. The molecule has 2 fully saturated rings. The van der Waals surface area contributed by atoms with Gasteiger partial charge in [-0.3, -0.25) is 4.79 Å². The molecule has 2 aliphatic rings. The second-order valence-corrected chi connectivity index (χ2v) is 7.52. The van der Waals surface area contributed by atoms with Crippen molar-refractivity contribution >= 4 is 29.1 Å².